The Kier molecular flexibility index (Phi) is 6.14. The first-order valence-electron chi connectivity index (χ1n) is 5.17. The summed E-state index contributed by atoms with van der Waals surface area (Å²) in [7, 11) is 0. The van der Waals surface area contributed by atoms with Crippen LogP contribution in [0.2, 0.25) is 0 Å². The molecule has 0 amide bonds. The summed E-state index contributed by atoms with van der Waals surface area (Å²) in [5, 5.41) is 0.227. The Labute approximate surface area is 120 Å². The zero-order chi connectivity index (χ0) is 13.7. The number of nitrogens with zero attached hydrogens (tertiary/aromatic N) is 1. The fourth-order valence-electron chi connectivity index (χ4n) is 1.40. The highest BCUT2D eigenvalue weighted by molar-refractivity contribution is 9.10. The molecule has 0 radical (unpaired) electrons. The molecule has 0 aromatic carbocycles. The van der Waals surface area contributed by atoms with Crippen LogP contribution in [0, 0.1) is 0 Å². The summed E-state index contributed by atoms with van der Waals surface area (Å²) < 4.78 is 30.9. The molecule has 3 nitrogen and oxygen atoms in total. The van der Waals surface area contributed by atoms with Crippen LogP contribution in [-0.2, 0) is 21.3 Å². The van der Waals surface area contributed by atoms with Crippen LogP contribution in [0.25, 0.3) is 0 Å². The van der Waals surface area contributed by atoms with Gasteiger partial charge in [0.15, 0.2) is 0 Å². The summed E-state index contributed by atoms with van der Waals surface area (Å²) >= 11 is 6.21. The topological polar surface area (TPSA) is 39.2 Å². The van der Waals surface area contributed by atoms with Crippen molar-refractivity contribution in [2.45, 2.75) is 25.1 Å². The van der Waals surface area contributed by atoms with E-state index in [-0.39, 0.29) is 34.1 Å². The molecule has 0 spiro atoms. The van der Waals surface area contributed by atoms with E-state index in [0.29, 0.717) is 5.56 Å². The highest BCUT2D eigenvalue weighted by Gasteiger charge is 2.21. The van der Waals surface area contributed by atoms with Gasteiger partial charge < -0.3 is 4.74 Å². The number of hydrogen-bond acceptors (Lipinski definition) is 3. The Morgan fingerprint density at radius 3 is 2.72 bits per heavy atom. The summed E-state index contributed by atoms with van der Waals surface area (Å²) in [5.74, 6) is -0.466. The average Bonchev–Trinajstić information content (AvgIpc) is 2.31. The Hall–Kier alpha value is -0.560. The van der Waals surface area contributed by atoms with Crippen LogP contribution in [0.1, 0.15) is 30.2 Å². The van der Waals surface area contributed by atoms with Gasteiger partial charge in [-0.1, -0.05) is 15.9 Å². The van der Waals surface area contributed by atoms with E-state index in [4.69, 9.17) is 4.74 Å². The molecule has 0 atom stereocenters. The van der Waals surface area contributed by atoms with Gasteiger partial charge in [-0.05, 0) is 28.4 Å². The molecule has 1 rings (SSSR count). The number of ether oxygens (including phenoxy) is 1. The average molecular weight is 387 g/mol. The zero-order valence-corrected chi connectivity index (χ0v) is 12.7. The van der Waals surface area contributed by atoms with Crippen molar-refractivity contribution in [3.63, 3.8) is 0 Å². The second-order valence-corrected chi connectivity index (χ2v) is 4.73. The van der Waals surface area contributed by atoms with Crippen LogP contribution < -0.4 is 0 Å². The summed E-state index contributed by atoms with van der Waals surface area (Å²) in [6.45, 7) is 1.94. The van der Waals surface area contributed by atoms with Gasteiger partial charge in [-0.3, -0.25) is 9.78 Å². The van der Waals surface area contributed by atoms with Gasteiger partial charge in [0.2, 0.25) is 0 Å². The lowest BCUT2D eigenvalue weighted by atomic mass is 10.1. The van der Waals surface area contributed by atoms with E-state index >= 15 is 0 Å². The van der Waals surface area contributed by atoms with E-state index in [9.17, 15) is 13.6 Å². The summed E-state index contributed by atoms with van der Waals surface area (Å²) in [4.78, 5) is 15.3. The molecular formula is C11H11Br2F2NO2. The molecule has 18 heavy (non-hydrogen) atoms. The van der Waals surface area contributed by atoms with Gasteiger partial charge in [0, 0.05) is 16.0 Å². The van der Waals surface area contributed by atoms with Crippen molar-refractivity contribution in [2.24, 2.45) is 0 Å². The minimum absolute atomic E-state index is 0.0797. The number of halogens is 4. The van der Waals surface area contributed by atoms with E-state index in [1.165, 1.54) is 6.20 Å². The van der Waals surface area contributed by atoms with Gasteiger partial charge in [-0.15, -0.1) is 0 Å². The maximum absolute atomic E-state index is 12.9. The number of pyridine rings is 1. The van der Waals surface area contributed by atoms with Crippen molar-refractivity contribution in [3.8, 4) is 0 Å². The monoisotopic (exact) mass is 385 g/mol. The third-order valence-corrected chi connectivity index (χ3v) is 3.66. The Balaban J connectivity index is 3.08. The number of aromatic nitrogens is 1. The standard InChI is InChI=1S/C11H11Br2F2NO2/c1-2-18-8(17)3-6-5-16-7(4-12)9(10(6)13)11(14)15/h5,11H,2-4H2,1H3. The van der Waals surface area contributed by atoms with Gasteiger partial charge in [0.1, 0.15) is 0 Å². The molecule has 7 heteroatoms. The fourth-order valence-corrected chi connectivity index (χ4v) is 2.49. The van der Waals surface area contributed by atoms with Crippen LogP contribution in [-0.4, -0.2) is 17.6 Å². The molecule has 0 aliphatic rings. The molecule has 1 aromatic rings. The highest BCUT2D eigenvalue weighted by Crippen LogP contribution is 2.33. The smallest absolute Gasteiger partial charge is 0.310 e. The van der Waals surface area contributed by atoms with E-state index in [0.717, 1.165) is 0 Å². The number of rotatable bonds is 5. The van der Waals surface area contributed by atoms with Gasteiger partial charge in [0.05, 0.1) is 24.3 Å². The lowest BCUT2D eigenvalue weighted by molar-refractivity contribution is -0.142. The first-order chi connectivity index (χ1) is 8.51. The third-order valence-electron chi connectivity index (χ3n) is 2.19. The van der Waals surface area contributed by atoms with Crippen molar-refractivity contribution >= 4 is 37.8 Å². The quantitative estimate of drug-likeness (QED) is 0.571. The number of alkyl halides is 3. The Morgan fingerprint density at radius 1 is 1.56 bits per heavy atom. The van der Waals surface area contributed by atoms with E-state index < -0.39 is 12.4 Å². The third kappa shape index (κ3) is 3.71. The Bertz CT molecular complexity index is 441. The normalized spacial score (nSPS) is 10.8. The minimum Gasteiger partial charge on any atom is -0.466 e. The number of carbonyl (C=O) groups excluding carboxylic acids is 1. The second-order valence-electron chi connectivity index (χ2n) is 3.37. The first kappa shape index (κ1) is 15.5. The lowest BCUT2D eigenvalue weighted by Crippen LogP contribution is -2.10. The predicted octanol–water partition coefficient (Wildman–Crippen LogP) is 3.78. The summed E-state index contributed by atoms with van der Waals surface area (Å²) in [5.41, 5.74) is 0.464. The van der Waals surface area contributed by atoms with Crippen LogP contribution in [0.15, 0.2) is 10.7 Å². The van der Waals surface area contributed by atoms with Gasteiger partial charge >= 0.3 is 5.97 Å². The molecule has 0 saturated carbocycles. The molecule has 1 aromatic heterocycles. The molecule has 0 fully saturated rings. The molecule has 100 valence electrons. The van der Waals surface area contributed by atoms with Crippen molar-refractivity contribution in [2.75, 3.05) is 6.61 Å². The van der Waals surface area contributed by atoms with E-state index in [2.05, 4.69) is 36.8 Å². The number of esters is 1. The highest BCUT2D eigenvalue weighted by atomic mass is 79.9. The van der Waals surface area contributed by atoms with Crippen LogP contribution in [0.3, 0.4) is 0 Å². The zero-order valence-electron chi connectivity index (χ0n) is 9.55. The second kappa shape index (κ2) is 7.13. The summed E-state index contributed by atoms with van der Waals surface area (Å²) in [6, 6.07) is 0. The fraction of sp³-hybridized carbons (Fsp3) is 0.455. The Morgan fingerprint density at radius 2 is 2.22 bits per heavy atom. The van der Waals surface area contributed by atoms with Gasteiger partial charge in [0.25, 0.3) is 6.43 Å². The first-order valence-corrected chi connectivity index (χ1v) is 7.08. The van der Waals surface area contributed by atoms with Crippen molar-refractivity contribution < 1.29 is 18.3 Å². The largest absolute Gasteiger partial charge is 0.466 e. The molecule has 0 unspecified atom stereocenters. The maximum atomic E-state index is 12.9. The molecule has 0 bridgehead atoms. The van der Waals surface area contributed by atoms with Crippen LogP contribution >= 0.6 is 31.9 Å². The number of carbonyl (C=O) groups is 1. The van der Waals surface area contributed by atoms with E-state index in [1.54, 1.807) is 6.92 Å². The van der Waals surface area contributed by atoms with Crippen molar-refractivity contribution in [1.82, 2.24) is 4.98 Å². The lowest BCUT2D eigenvalue weighted by Gasteiger charge is -2.12. The minimum atomic E-state index is -2.65. The van der Waals surface area contributed by atoms with E-state index in [1.807, 2.05) is 0 Å². The van der Waals surface area contributed by atoms with Crippen molar-refractivity contribution in [3.05, 3.63) is 27.5 Å². The maximum Gasteiger partial charge on any atom is 0.310 e. The van der Waals surface area contributed by atoms with Crippen LogP contribution in [0.4, 0.5) is 8.78 Å². The molecular weight excluding hydrogens is 376 g/mol. The van der Waals surface area contributed by atoms with Crippen molar-refractivity contribution in [1.29, 1.82) is 0 Å². The van der Waals surface area contributed by atoms with Crippen LogP contribution in [0.5, 0.6) is 0 Å². The van der Waals surface area contributed by atoms with Gasteiger partial charge in [-0.25, -0.2) is 8.78 Å². The van der Waals surface area contributed by atoms with Gasteiger partial charge in [-0.2, -0.15) is 0 Å². The predicted molar refractivity (Wildman–Crippen MR) is 69.9 cm³/mol. The molecule has 0 saturated heterocycles. The molecule has 0 aliphatic carbocycles. The molecule has 0 aliphatic heterocycles. The number of hydrogen-bond donors (Lipinski definition) is 0. The molecule has 1 heterocycles. The molecule has 0 N–H and O–H groups in total. The SMILES string of the molecule is CCOC(=O)Cc1cnc(CBr)c(C(F)F)c1Br. The summed E-state index contributed by atoms with van der Waals surface area (Å²) in [6.07, 6.45) is -1.32.